The number of carbonyl (C=O) groups excluding carboxylic acids is 4. The van der Waals surface area contributed by atoms with Gasteiger partial charge in [0.25, 0.3) is 11.7 Å². The fraction of sp³-hybridized carbons (Fsp3) is 0.455. The molecule has 250 valence electrons. The number of benzene rings is 2. The van der Waals surface area contributed by atoms with Gasteiger partial charge in [0.15, 0.2) is 0 Å². The van der Waals surface area contributed by atoms with E-state index in [1.54, 1.807) is 45.0 Å². The van der Waals surface area contributed by atoms with Crippen LogP contribution in [0.25, 0.3) is 11.1 Å². The summed E-state index contributed by atoms with van der Waals surface area (Å²) < 4.78 is 22.0. The monoisotopic (exact) mass is 641 g/mol. The van der Waals surface area contributed by atoms with Crippen LogP contribution in [0.2, 0.25) is 0 Å². The highest BCUT2D eigenvalue weighted by Crippen LogP contribution is 2.34. The molecule has 0 bridgehead atoms. The van der Waals surface area contributed by atoms with Crippen molar-refractivity contribution >= 4 is 23.9 Å². The molecular weight excluding hydrogens is 598 g/mol. The summed E-state index contributed by atoms with van der Waals surface area (Å²) in [5.74, 6) is -4.25. The van der Waals surface area contributed by atoms with Gasteiger partial charge in [0.05, 0.1) is 31.9 Å². The molecule has 0 radical (unpaired) electrons. The van der Waals surface area contributed by atoms with Crippen molar-refractivity contribution in [2.75, 3.05) is 20.3 Å². The van der Waals surface area contributed by atoms with Crippen LogP contribution < -0.4 is 16.0 Å². The van der Waals surface area contributed by atoms with E-state index in [4.69, 9.17) is 18.9 Å². The lowest BCUT2D eigenvalue weighted by Gasteiger charge is -2.48. The first kappa shape index (κ1) is 36.2. The number of amides is 3. The molecule has 13 heteroatoms. The summed E-state index contributed by atoms with van der Waals surface area (Å²) in [5, 5.41) is 30.2. The van der Waals surface area contributed by atoms with E-state index in [1.807, 2.05) is 30.3 Å². The van der Waals surface area contributed by atoms with Gasteiger partial charge in [-0.1, -0.05) is 48.5 Å². The maximum absolute atomic E-state index is 13.1. The van der Waals surface area contributed by atoms with Crippen LogP contribution in [0.3, 0.4) is 0 Å². The number of rotatable bonds is 12. The summed E-state index contributed by atoms with van der Waals surface area (Å²) in [5.41, 5.74) is 1.32. The highest BCUT2D eigenvalue weighted by molar-refractivity contribution is 5.94. The van der Waals surface area contributed by atoms with Gasteiger partial charge >= 0.3 is 12.1 Å². The van der Waals surface area contributed by atoms with Crippen LogP contribution in [0.15, 0.2) is 67.3 Å². The summed E-state index contributed by atoms with van der Waals surface area (Å²) in [6.45, 7) is 9.14. The Balaban J connectivity index is 1.85. The van der Waals surface area contributed by atoms with Gasteiger partial charge in [0, 0.05) is 25.5 Å². The summed E-state index contributed by atoms with van der Waals surface area (Å²) in [6, 6.07) is 14.1. The predicted molar refractivity (Wildman–Crippen MR) is 167 cm³/mol. The first-order valence-electron chi connectivity index (χ1n) is 14.8. The number of carbonyl (C=O) groups is 4. The molecule has 1 aliphatic rings. The molecule has 0 spiro atoms. The van der Waals surface area contributed by atoms with Crippen LogP contribution >= 0.6 is 0 Å². The third-order valence-corrected chi connectivity index (χ3v) is 7.06. The van der Waals surface area contributed by atoms with E-state index in [0.717, 1.165) is 18.2 Å². The van der Waals surface area contributed by atoms with Crippen LogP contribution in [0.4, 0.5) is 4.79 Å². The molecule has 1 aliphatic heterocycles. The minimum Gasteiger partial charge on any atom is -0.465 e. The second kappa shape index (κ2) is 15.8. The van der Waals surface area contributed by atoms with Crippen LogP contribution in [-0.4, -0.2) is 96.1 Å². The average Bonchev–Trinajstić information content (AvgIpc) is 3.02. The zero-order valence-corrected chi connectivity index (χ0v) is 26.6. The van der Waals surface area contributed by atoms with Gasteiger partial charge in [-0.05, 0) is 44.0 Å². The fourth-order valence-electron chi connectivity index (χ4n) is 5.00. The zero-order valence-electron chi connectivity index (χ0n) is 26.6. The second-order valence-corrected chi connectivity index (χ2v) is 11.8. The highest BCUT2D eigenvalue weighted by atomic mass is 16.7. The Hall–Kier alpha value is -4.30. The molecule has 6 atom stereocenters. The predicted octanol–water partition coefficient (Wildman–Crippen LogP) is 2.06. The molecule has 1 heterocycles. The fourth-order valence-corrected chi connectivity index (χ4v) is 5.00. The number of aliphatic hydroxyl groups excluding tert-OH is 2. The summed E-state index contributed by atoms with van der Waals surface area (Å²) in [6.07, 6.45) is -4.93. The van der Waals surface area contributed by atoms with Crippen LogP contribution in [0.5, 0.6) is 0 Å². The quantitative estimate of drug-likeness (QED) is 0.170. The van der Waals surface area contributed by atoms with Crippen molar-refractivity contribution in [2.45, 2.75) is 75.9 Å². The number of ether oxygens (including phenoxy) is 4. The number of methoxy groups -OCH3 is 1. The van der Waals surface area contributed by atoms with Gasteiger partial charge in [0.1, 0.15) is 17.8 Å². The van der Waals surface area contributed by atoms with Gasteiger partial charge in [-0.3, -0.25) is 9.59 Å². The number of hydrogen-bond acceptors (Lipinski definition) is 10. The zero-order chi connectivity index (χ0) is 34.1. The Labute approximate surface area is 268 Å². The Morgan fingerprint density at radius 3 is 2.24 bits per heavy atom. The minimum absolute atomic E-state index is 0.191. The lowest BCUT2D eigenvalue weighted by molar-refractivity contribution is -0.298. The summed E-state index contributed by atoms with van der Waals surface area (Å²) >= 11 is 0. The van der Waals surface area contributed by atoms with Crippen molar-refractivity contribution in [2.24, 2.45) is 0 Å². The Morgan fingerprint density at radius 2 is 1.67 bits per heavy atom. The maximum Gasteiger partial charge on any atom is 0.407 e. The lowest BCUT2D eigenvalue weighted by Crippen LogP contribution is -2.71. The molecule has 1 unspecified atom stereocenters. The van der Waals surface area contributed by atoms with Crippen molar-refractivity contribution in [1.29, 1.82) is 0 Å². The number of aliphatic hydroxyl groups is 2. The van der Waals surface area contributed by atoms with Crippen molar-refractivity contribution < 1.29 is 48.3 Å². The number of nitrogens with one attached hydrogen (secondary N) is 3. The largest absolute Gasteiger partial charge is 0.465 e. The first-order valence-corrected chi connectivity index (χ1v) is 14.8. The molecule has 5 N–H and O–H groups in total. The normalized spacial score (nSPS) is 22.5. The molecule has 2 aromatic rings. The first-order chi connectivity index (χ1) is 21.7. The number of esters is 1. The van der Waals surface area contributed by atoms with Crippen molar-refractivity contribution in [3.8, 4) is 11.1 Å². The van der Waals surface area contributed by atoms with Gasteiger partial charge in [-0.2, -0.15) is 0 Å². The average molecular weight is 642 g/mol. The molecule has 1 fully saturated rings. The van der Waals surface area contributed by atoms with Crippen LogP contribution in [0, 0.1) is 0 Å². The Kier molecular flexibility index (Phi) is 12.4. The molecule has 3 rings (SSSR count). The third-order valence-electron chi connectivity index (χ3n) is 7.06. The molecule has 2 aromatic carbocycles. The molecule has 3 amide bonds. The molecule has 1 saturated heterocycles. The van der Waals surface area contributed by atoms with Gasteiger partial charge < -0.3 is 45.1 Å². The molecular formula is C33H43N3O10. The van der Waals surface area contributed by atoms with Gasteiger partial charge in [-0.15, -0.1) is 6.58 Å². The smallest absolute Gasteiger partial charge is 0.407 e. The lowest BCUT2D eigenvalue weighted by atomic mass is 9.86. The van der Waals surface area contributed by atoms with E-state index in [1.165, 1.54) is 13.0 Å². The molecule has 0 aliphatic carbocycles. The van der Waals surface area contributed by atoms with Crippen LogP contribution in [0.1, 0.15) is 44.5 Å². The van der Waals surface area contributed by atoms with Crippen molar-refractivity contribution in [3.05, 3.63) is 72.8 Å². The van der Waals surface area contributed by atoms with E-state index < -0.39 is 72.2 Å². The van der Waals surface area contributed by atoms with Crippen molar-refractivity contribution in [3.63, 3.8) is 0 Å². The molecule has 0 aromatic heterocycles. The topological polar surface area (TPSA) is 182 Å². The summed E-state index contributed by atoms with van der Waals surface area (Å²) in [4.78, 5) is 51.1. The Bertz CT molecular complexity index is 1360. The molecule has 46 heavy (non-hydrogen) atoms. The number of alkyl carbamates (subject to hydrolysis) is 1. The SMILES string of the molecule is C=CCO[C@]1(C(=O)OC)C[C@@H](NC(=O)OC(C)(C)C)[C@@H](NC(C)=O)C([C@H](O)[C@H](O)CNC(=O)c2ccc(-c3ccccc3)cc2)O1. The Morgan fingerprint density at radius 1 is 1.04 bits per heavy atom. The highest BCUT2D eigenvalue weighted by Gasteiger charge is 2.57. The third kappa shape index (κ3) is 9.60. The van der Waals surface area contributed by atoms with E-state index in [-0.39, 0.29) is 13.0 Å². The van der Waals surface area contributed by atoms with Crippen LogP contribution in [-0.2, 0) is 28.5 Å². The van der Waals surface area contributed by atoms with Crippen molar-refractivity contribution in [1.82, 2.24) is 16.0 Å². The standard InChI is InChI=1S/C33H43N3O10/c1-7-17-44-33(30(41)43-6)18-24(36-31(42)46-32(3,4)5)26(35-20(2)37)28(45-33)27(39)25(38)19-34-29(40)23-15-13-22(14-16-23)21-11-9-8-10-12-21/h7-16,24-28,38-39H,1,17-19H2,2-6H3,(H,34,40)(H,35,37)(H,36,42)/t24-,25-,26-,27-,28?,33-/m1/s1. The van der Waals surface area contributed by atoms with E-state index in [2.05, 4.69) is 22.5 Å². The van der Waals surface area contributed by atoms with E-state index >= 15 is 0 Å². The molecule has 13 nitrogen and oxygen atoms in total. The van der Waals surface area contributed by atoms with Gasteiger partial charge in [0.2, 0.25) is 5.91 Å². The minimum atomic E-state index is -2.19. The van der Waals surface area contributed by atoms with E-state index in [9.17, 15) is 29.4 Å². The second-order valence-electron chi connectivity index (χ2n) is 11.8. The maximum atomic E-state index is 13.1. The van der Waals surface area contributed by atoms with Gasteiger partial charge in [-0.25, -0.2) is 9.59 Å². The van der Waals surface area contributed by atoms with E-state index in [0.29, 0.717) is 5.56 Å². The summed E-state index contributed by atoms with van der Waals surface area (Å²) in [7, 11) is 1.10. The molecule has 0 saturated carbocycles. The number of hydrogen-bond donors (Lipinski definition) is 5.